The summed E-state index contributed by atoms with van der Waals surface area (Å²) >= 11 is 1.70. The van der Waals surface area contributed by atoms with Crippen LogP contribution in [0.1, 0.15) is 88.5 Å². The van der Waals surface area contributed by atoms with E-state index in [1.165, 1.54) is 11.1 Å². The summed E-state index contributed by atoms with van der Waals surface area (Å²) in [6.07, 6.45) is 6.54. The van der Waals surface area contributed by atoms with E-state index in [4.69, 9.17) is 9.47 Å². The Morgan fingerprint density at radius 1 is 1.28 bits per heavy atom. The first-order valence-electron chi connectivity index (χ1n) is 11.5. The van der Waals surface area contributed by atoms with Crippen molar-refractivity contribution < 1.29 is 14.3 Å². The van der Waals surface area contributed by atoms with Crippen LogP contribution in [-0.4, -0.2) is 23.2 Å². The van der Waals surface area contributed by atoms with Crippen LogP contribution in [0.5, 0.6) is 0 Å². The highest BCUT2D eigenvalue weighted by Crippen LogP contribution is 2.48. The Kier molecular flexibility index (Phi) is 7.31. The van der Waals surface area contributed by atoms with E-state index in [0.29, 0.717) is 12.0 Å². The molecule has 0 spiro atoms. The van der Waals surface area contributed by atoms with Crippen molar-refractivity contribution in [3.63, 3.8) is 0 Å². The number of pyridine rings is 1. The summed E-state index contributed by atoms with van der Waals surface area (Å²) in [5.41, 5.74) is 5.25. The van der Waals surface area contributed by atoms with E-state index >= 15 is 0 Å². The molecule has 1 aliphatic carbocycles. The van der Waals surface area contributed by atoms with Gasteiger partial charge in [0.25, 0.3) is 0 Å². The van der Waals surface area contributed by atoms with E-state index in [1.807, 2.05) is 40.0 Å². The van der Waals surface area contributed by atoms with Gasteiger partial charge in [0, 0.05) is 22.2 Å². The fourth-order valence-corrected chi connectivity index (χ4v) is 5.32. The normalized spacial score (nSPS) is 17.1. The van der Waals surface area contributed by atoms with E-state index in [0.717, 1.165) is 45.8 Å². The van der Waals surface area contributed by atoms with Crippen molar-refractivity contribution in [3.8, 4) is 10.6 Å². The number of carbonyl (C=O) groups excluding carboxylic acids is 1. The maximum atomic E-state index is 13.1. The molecule has 0 aliphatic heterocycles. The fourth-order valence-electron chi connectivity index (χ4n) is 4.13. The topological polar surface area (TPSA) is 48.4 Å². The molecule has 0 amide bonds. The molecular formula is C27H37NO3S. The number of ether oxygens (including phenoxy) is 2. The predicted molar refractivity (Wildman–Crippen MR) is 133 cm³/mol. The van der Waals surface area contributed by atoms with Crippen LogP contribution in [0.4, 0.5) is 0 Å². The van der Waals surface area contributed by atoms with Crippen LogP contribution in [0.25, 0.3) is 16.1 Å². The van der Waals surface area contributed by atoms with Crippen LogP contribution in [0.3, 0.4) is 0 Å². The summed E-state index contributed by atoms with van der Waals surface area (Å²) in [6, 6.07) is 4.13. The molecule has 0 aromatic carbocycles. The van der Waals surface area contributed by atoms with Gasteiger partial charge in [-0.25, -0.2) is 4.79 Å². The summed E-state index contributed by atoms with van der Waals surface area (Å²) in [5, 5.41) is 0. The fraction of sp³-hybridized carbons (Fsp3) is 0.556. The summed E-state index contributed by atoms with van der Waals surface area (Å²) < 4.78 is 11.8. The lowest BCUT2D eigenvalue weighted by Crippen LogP contribution is -2.29. The van der Waals surface area contributed by atoms with E-state index in [9.17, 15) is 4.79 Å². The zero-order chi connectivity index (χ0) is 23.7. The summed E-state index contributed by atoms with van der Waals surface area (Å²) in [7, 11) is 0. The Morgan fingerprint density at radius 2 is 2.00 bits per heavy atom. The van der Waals surface area contributed by atoms with Crippen LogP contribution < -0.4 is 0 Å². The molecule has 0 bridgehead atoms. The van der Waals surface area contributed by atoms with E-state index in [1.54, 1.807) is 11.3 Å². The number of esters is 1. The van der Waals surface area contributed by atoms with Gasteiger partial charge >= 0.3 is 5.97 Å². The molecule has 0 radical (unpaired) electrons. The average molecular weight is 456 g/mol. The largest absolute Gasteiger partial charge is 0.464 e. The second kappa shape index (κ2) is 9.48. The van der Waals surface area contributed by atoms with Crippen molar-refractivity contribution in [1.29, 1.82) is 0 Å². The van der Waals surface area contributed by atoms with E-state index in [2.05, 4.69) is 44.8 Å². The number of rotatable bonds is 6. The molecule has 0 saturated heterocycles. The molecular weight excluding hydrogens is 418 g/mol. The van der Waals surface area contributed by atoms with Gasteiger partial charge in [0.2, 0.25) is 0 Å². The molecule has 174 valence electrons. The van der Waals surface area contributed by atoms with Gasteiger partial charge < -0.3 is 9.47 Å². The molecule has 2 aromatic heterocycles. The van der Waals surface area contributed by atoms with Crippen molar-refractivity contribution in [1.82, 2.24) is 4.98 Å². The van der Waals surface area contributed by atoms with Crippen LogP contribution in [0, 0.1) is 19.3 Å². The number of carbonyl (C=O) groups is 1. The number of thiophene rings is 1. The molecule has 5 heteroatoms. The number of aromatic nitrogens is 1. The first-order valence-corrected chi connectivity index (χ1v) is 12.3. The molecule has 1 aliphatic rings. The first kappa shape index (κ1) is 24.7. The Hall–Kier alpha value is -1.98. The van der Waals surface area contributed by atoms with E-state index in [-0.39, 0.29) is 5.97 Å². The average Bonchev–Trinajstić information content (AvgIpc) is 3.02. The van der Waals surface area contributed by atoms with Gasteiger partial charge in [-0.3, -0.25) is 4.98 Å². The lowest BCUT2D eigenvalue weighted by molar-refractivity contribution is -0.166. The number of nitrogens with zero attached hydrogens (tertiary/aromatic N) is 1. The molecule has 1 atom stereocenters. The van der Waals surface area contributed by atoms with Crippen molar-refractivity contribution >= 4 is 22.9 Å². The molecule has 3 rings (SSSR count). The molecule has 32 heavy (non-hydrogen) atoms. The summed E-state index contributed by atoms with van der Waals surface area (Å²) in [6.45, 7) is 16.9. The SMILES string of the molecule is CCOC(=O)C(OC(C)(C)C)c1c(C)sc(-c2cc(C)ccn2)c1C1=CCC(C)(C)CC1. The minimum Gasteiger partial charge on any atom is -0.464 e. The van der Waals surface area contributed by atoms with E-state index < -0.39 is 11.7 Å². The Bertz CT molecular complexity index is 1010. The molecule has 2 heterocycles. The highest BCUT2D eigenvalue weighted by atomic mass is 32.1. The van der Waals surface area contributed by atoms with Gasteiger partial charge in [-0.15, -0.1) is 11.3 Å². The van der Waals surface area contributed by atoms with Gasteiger partial charge in [0.1, 0.15) is 0 Å². The number of aryl methyl sites for hydroxylation is 2. The highest BCUT2D eigenvalue weighted by molar-refractivity contribution is 7.16. The van der Waals surface area contributed by atoms with Gasteiger partial charge in [0.05, 0.1) is 22.8 Å². The molecule has 0 saturated carbocycles. The molecule has 1 unspecified atom stereocenters. The number of hydrogen-bond acceptors (Lipinski definition) is 5. The van der Waals surface area contributed by atoms with Gasteiger partial charge in [0.15, 0.2) is 6.10 Å². The first-order chi connectivity index (χ1) is 14.9. The van der Waals surface area contributed by atoms with Crippen molar-refractivity contribution in [2.45, 2.75) is 86.4 Å². The molecule has 2 aromatic rings. The maximum absolute atomic E-state index is 13.1. The predicted octanol–water partition coefficient (Wildman–Crippen LogP) is 7.44. The standard InChI is InChI=1S/C27H37NO3S/c1-9-30-25(29)23(31-26(4,5)6)21-18(3)32-24(20-16-17(2)12-15-28-20)22(21)19-10-13-27(7,8)14-11-19/h10,12,15-16,23H,9,11,13-14H2,1-8H3. The van der Waals surface area contributed by atoms with Gasteiger partial charge in [-0.05, 0) is 89.5 Å². The number of hydrogen-bond donors (Lipinski definition) is 0. The van der Waals surface area contributed by atoms with Gasteiger partial charge in [-0.1, -0.05) is 19.9 Å². The Labute approximate surface area is 197 Å². The third-order valence-corrected chi connectivity index (χ3v) is 6.95. The highest BCUT2D eigenvalue weighted by Gasteiger charge is 2.36. The lowest BCUT2D eigenvalue weighted by Gasteiger charge is -2.31. The second-order valence-corrected chi connectivity index (χ2v) is 11.7. The monoisotopic (exact) mass is 455 g/mol. The molecule has 0 fully saturated rings. The summed E-state index contributed by atoms with van der Waals surface area (Å²) in [4.78, 5) is 20.0. The minimum absolute atomic E-state index is 0.291. The molecule has 4 nitrogen and oxygen atoms in total. The third kappa shape index (κ3) is 5.68. The van der Waals surface area contributed by atoms with Crippen molar-refractivity contribution in [2.24, 2.45) is 5.41 Å². The van der Waals surface area contributed by atoms with Crippen molar-refractivity contribution in [3.05, 3.63) is 46.0 Å². The van der Waals surface area contributed by atoms with Crippen LogP contribution >= 0.6 is 11.3 Å². The van der Waals surface area contributed by atoms with Crippen molar-refractivity contribution in [2.75, 3.05) is 6.61 Å². The second-order valence-electron chi connectivity index (χ2n) is 10.5. The molecule has 0 N–H and O–H groups in total. The number of allylic oxidation sites excluding steroid dienone is 2. The zero-order valence-electron chi connectivity index (χ0n) is 20.8. The third-order valence-electron chi connectivity index (χ3n) is 5.81. The van der Waals surface area contributed by atoms with Crippen LogP contribution in [-0.2, 0) is 14.3 Å². The summed E-state index contributed by atoms with van der Waals surface area (Å²) in [5.74, 6) is -0.329. The Balaban J connectivity index is 2.24. The van der Waals surface area contributed by atoms with Crippen LogP contribution in [0.2, 0.25) is 0 Å². The zero-order valence-corrected chi connectivity index (χ0v) is 21.6. The minimum atomic E-state index is -0.768. The van der Waals surface area contributed by atoms with Gasteiger partial charge in [-0.2, -0.15) is 0 Å². The smallest absolute Gasteiger partial charge is 0.340 e. The lowest BCUT2D eigenvalue weighted by atomic mass is 9.76. The maximum Gasteiger partial charge on any atom is 0.340 e. The Morgan fingerprint density at radius 3 is 2.56 bits per heavy atom. The quantitative estimate of drug-likeness (QED) is 0.425. The van der Waals surface area contributed by atoms with Crippen LogP contribution in [0.15, 0.2) is 24.4 Å².